The summed E-state index contributed by atoms with van der Waals surface area (Å²) in [5.74, 6) is 0. The van der Waals surface area contributed by atoms with Gasteiger partial charge in [-0.2, -0.15) is 0 Å². The molecule has 5 aromatic carbocycles. The van der Waals surface area contributed by atoms with Gasteiger partial charge in [0.25, 0.3) is 0 Å². The van der Waals surface area contributed by atoms with Crippen molar-refractivity contribution in [2.75, 3.05) is 0 Å². The third kappa shape index (κ3) is 4.04. The van der Waals surface area contributed by atoms with Crippen LogP contribution in [0.15, 0.2) is 114 Å². The number of aryl methyl sites for hydroxylation is 2. The molecule has 0 bridgehead atoms. The molecule has 0 aliphatic carbocycles. The molecule has 0 saturated carbocycles. The minimum absolute atomic E-state index is 1.09. The molecule has 0 fully saturated rings. The topological polar surface area (TPSA) is 0 Å². The van der Waals surface area contributed by atoms with E-state index in [-0.39, 0.29) is 0 Å². The first-order valence-corrected chi connectivity index (χ1v) is 16.9. The Bertz CT molecular complexity index is 1880. The monoisotopic (exact) mass is 520 g/mol. The molecule has 39 heavy (non-hydrogen) atoms. The van der Waals surface area contributed by atoms with E-state index in [1.807, 2.05) is 0 Å². The summed E-state index contributed by atoms with van der Waals surface area (Å²) in [6, 6.07) is 31.9. The van der Waals surface area contributed by atoms with Crippen molar-refractivity contribution in [3.63, 3.8) is 0 Å². The molecule has 0 radical (unpaired) electrons. The Kier molecular flexibility index (Phi) is 6.08. The zero-order valence-electron chi connectivity index (χ0n) is 23.9. The highest BCUT2D eigenvalue weighted by Gasteiger charge is 2.39. The predicted molar refractivity (Wildman–Crippen MR) is 175 cm³/mol. The van der Waals surface area contributed by atoms with Crippen LogP contribution in [0.3, 0.4) is 0 Å². The van der Waals surface area contributed by atoms with Crippen molar-refractivity contribution in [3.05, 3.63) is 131 Å². The maximum absolute atomic E-state index is 4.14. The van der Waals surface area contributed by atoms with Crippen molar-refractivity contribution >= 4 is 40.4 Å². The Hall–Kier alpha value is -3.94. The molecular weight excluding hydrogens is 485 g/mol. The smallest absolute Gasteiger partial charge is 0.0961 e. The number of hydrogen-bond donors (Lipinski definition) is 0. The van der Waals surface area contributed by atoms with E-state index < -0.39 is 8.07 Å². The van der Waals surface area contributed by atoms with Gasteiger partial charge in [-0.05, 0) is 87.8 Å². The summed E-state index contributed by atoms with van der Waals surface area (Å²) in [4.78, 5) is 0. The second-order valence-corrected chi connectivity index (χ2v) is 16.1. The van der Waals surface area contributed by atoms with Crippen LogP contribution in [0.5, 0.6) is 0 Å². The van der Waals surface area contributed by atoms with E-state index >= 15 is 0 Å². The molecule has 5 aromatic rings. The molecule has 192 valence electrons. The fourth-order valence-electron chi connectivity index (χ4n) is 6.75. The van der Waals surface area contributed by atoms with Crippen LogP contribution in [0, 0.1) is 13.8 Å². The second-order valence-electron chi connectivity index (χ2n) is 11.8. The fraction of sp³-hybridized carbons (Fsp3) is 0.158. The molecule has 0 aromatic heterocycles. The van der Waals surface area contributed by atoms with Gasteiger partial charge in [0.1, 0.15) is 8.07 Å². The minimum Gasteiger partial charge on any atom is -0.0961 e. The molecular formula is C38H36Si. The van der Waals surface area contributed by atoms with Crippen molar-refractivity contribution in [2.24, 2.45) is 0 Å². The summed E-state index contributed by atoms with van der Waals surface area (Å²) in [6.45, 7) is 18.0. The second kappa shape index (κ2) is 9.36. The van der Waals surface area contributed by atoms with Gasteiger partial charge >= 0.3 is 0 Å². The maximum Gasteiger partial charge on any atom is 0.114 e. The van der Waals surface area contributed by atoms with Crippen molar-refractivity contribution in [2.45, 2.75) is 40.8 Å². The van der Waals surface area contributed by atoms with Crippen LogP contribution in [0.25, 0.3) is 49.4 Å². The van der Waals surface area contributed by atoms with Gasteiger partial charge in [0.15, 0.2) is 0 Å². The van der Waals surface area contributed by atoms with Gasteiger partial charge in [-0.3, -0.25) is 0 Å². The van der Waals surface area contributed by atoms with Crippen LogP contribution in [0.2, 0.25) is 13.1 Å². The lowest BCUT2D eigenvalue weighted by molar-refractivity contribution is 1.47. The Balaban J connectivity index is 1.84. The Morgan fingerprint density at radius 2 is 1.28 bits per heavy atom. The van der Waals surface area contributed by atoms with Crippen LogP contribution in [-0.2, 0) is 0 Å². The van der Waals surface area contributed by atoms with E-state index in [1.165, 1.54) is 71.3 Å². The molecule has 1 aliphatic heterocycles. The van der Waals surface area contributed by atoms with E-state index in [1.54, 1.807) is 5.19 Å². The first kappa shape index (κ1) is 25.3. The Morgan fingerprint density at radius 3 is 1.87 bits per heavy atom. The van der Waals surface area contributed by atoms with E-state index in [9.17, 15) is 0 Å². The van der Waals surface area contributed by atoms with Crippen molar-refractivity contribution in [3.8, 4) is 22.3 Å². The maximum atomic E-state index is 4.14. The summed E-state index contributed by atoms with van der Waals surface area (Å²) >= 11 is 0. The summed E-state index contributed by atoms with van der Waals surface area (Å²) in [5, 5.41) is 8.50. The predicted octanol–water partition coefficient (Wildman–Crippen LogP) is 10.3. The van der Waals surface area contributed by atoms with Gasteiger partial charge in [-0.15, -0.1) is 0 Å². The normalized spacial score (nSPS) is 14.5. The molecule has 6 rings (SSSR count). The molecule has 1 heteroatoms. The number of rotatable bonds is 4. The molecule has 0 nitrogen and oxygen atoms in total. The molecule has 0 saturated heterocycles. The lowest BCUT2D eigenvalue weighted by atomic mass is 9.84. The molecule has 0 N–H and O–H groups in total. The average molecular weight is 521 g/mol. The standard InChI is InChI=1S/C38H36Si/c1-24(2)18-21-34-27(5)30-19-20-33-35(28-14-10-12-25(3)22-28)31-16-8-9-17-32(31)36(29-15-11-13-26(4)23-29)37(33)38(30)39(34,6)7/h8-23H,1H2,2-7H3. The van der Waals surface area contributed by atoms with Crippen LogP contribution in [-0.4, -0.2) is 8.07 Å². The van der Waals surface area contributed by atoms with Crippen LogP contribution in [0.1, 0.15) is 30.5 Å². The van der Waals surface area contributed by atoms with Gasteiger partial charge in [-0.1, -0.05) is 139 Å². The lowest BCUT2D eigenvalue weighted by Gasteiger charge is -2.26. The third-order valence-electron chi connectivity index (χ3n) is 8.44. The van der Waals surface area contributed by atoms with Crippen LogP contribution >= 0.6 is 0 Å². The summed E-state index contributed by atoms with van der Waals surface area (Å²) < 4.78 is 0. The van der Waals surface area contributed by atoms with Crippen molar-refractivity contribution < 1.29 is 0 Å². The highest BCUT2D eigenvalue weighted by atomic mass is 28.3. The number of hydrogen-bond acceptors (Lipinski definition) is 0. The van der Waals surface area contributed by atoms with E-state index in [0.29, 0.717) is 0 Å². The van der Waals surface area contributed by atoms with Gasteiger partial charge in [0, 0.05) is 0 Å². The average Bonchev–Trinajstić information content (AvgIpc) is 3.10. The minimum atomic E-state index is -2.03. The summed E-state index contributed by atoms with van der Waals surface area (Å²) in [7, 11) is -2.03. The first-order valence-electron chi connectivity index (χ1n) is 13.9. The number of fused-ring (bicyclic) bond motifs is 4. The number of allylic oxidation sites excluding steroid dienone is 5. The van der Waals surface area contributed by atoms with E-state index in [4.69, 9.17) is 0 Å². The number of benzene rings is 5. The summed E-state index contributed by atoms with van der Waals surface area (Å²) in [6.07, 6.45) is 4.54. The van der Waals surface area contributed by atoms with Gasteiger partial charge in [-0.25, -0.2) is 0 Å². The van der Waals surface area contributed by atoms with Crippen molar-refractivity contribution in [1.29, 1.82) is 0 Å². The van der Waals surface area contributed by atoms with E-state index in [0.717, 1.165) is 5.57 Å². The van der Waals surface area contributed by atoms with E-state index in [2.05, 4.69) is 144 Å². The highest BCUT2D eigenvalue weighted by molar-refractivity contribution is 7.00. The zero-order chi connectivity index (χ0) is 27.5. The third-order valence-corrected chi connectivity index (χ3v) is 12.1. The fourth-order valence-corrected chi connectivity index (χ4v) is 10.4. The zero-order valence-corrected chi connectivity index (χ0v) is 24.9. The molecule has 0 atom stereocenters. The Morgan fingerprint density at radius 1 is 0.692 bits per heavy atom. The highest BCUT2D eigenvalue weighted by Crippen LogP contribution is 2.47. The van der Waals surface area contributed by atoms with Crippen LogP contribution < -0.4 is 5.19 Å². The van der Waals surface area contributed by atoms with Crippen molar-refractivity contribution in [1.82, 2.24) is 0 Å². The Labute approximate surface area is 234 Å². The molecule has 0 unspecified atom stereocenters. The SMILES string of the molecule is C=C(C)C=CC1=C(C)c2ccc3c(-c4cccc(C)c4)c4ccccc4c(-c4cccc(C)c4)c3c2[Si]1(C)C. The molecule has 0 spiro atoms. The van der Waals surface area contributed by atoms with Gasteiger partial charge < -0.3 is 0 Å². The quantitative estimate of drug-likeness (QED) is 0.126. The molecule has 0 amide bonds. The summed E-state index contributed by atoms with van der Waals surface area (Å²) in [5.41, 5.74) is 11.8. The lowest BCUT2D eigenvalue weighted by Crippen LogP contribution is -2.42. The molecule has 1 heterocycles. The van der Waals surface area contributed by atoms with Gasteiger partial charge in [0.05, 0.1) is 0 Å². The van der Waals surface area contributed by atoms with Gasteiger partial charge in [0.2, 0.25) is 0 Å². The van der Waals surface area contributed by atoms with Crippen LogP contribution in [0.4, 0.5) is 0 Å². The first-order chi connectivity index (χ1) is 18.7. The molecule has 1 aliphatic rings. The largest absolute Gasteiger partial charge is 0.114 e.